The fourth-order valence-corrected chi connectivity index (χ4v) is 2.65. The van der Waals surface area contributed by atoms with Crippen LogP contribution in [0.2, 0.25) is 0 Å². The maximum atomic E-state index is 12.1. The Morgan fingerprint density at radius 2 is 2.06 bits per heavy atom. The topological polar surface area (TPSA) is 49.4 Å². The Bertz CT molecular complexity index is 345. The highest BCUT2D eigenvalue weighted by Crippen LogP contribution is 2.28. The summed E-state index contributed by atoms with van der Waals surface area (Å²) in [6, 6.07) is -0.175. The predicted octanol–water partition coefficient (Wildman–Crippen LogP) is 1.22. The van der Waals surface area contributed by atoms with Gasteiger partial charge in [-0.25, -0.2) is 0 Å². The third kappa shape index (κ3) is 2.57. The van der Waals surface area contributed by atoms with Gasteiger partial charge in [0, 0.05) is 12.6 Å². The van der Waals surface area contributed by atoms with Crippen molar-refractivity contribution in [2.24, 2.45) is 0 Å². The van der Waals surface area contributed by atoms with Crippen LogP contribution in [0.25, 0.3) is 0 Å². The number of nitrogens with zero attached hydrogens (tertiary/aromatic N) is 1. The first-order valence-electron chi connectivity index (χ1n) is 6.33. The van der Waals surface area contributed by atoms with Crippen LogP contribution >= 0.6 is 0 Å². The molecule has 17 heavy (non-hydrogen) atoms. The molecular formula is C13H20N2O2. The number of nitrogens with one attached hydrogen (secondary N) is 1. The highest BCUT2D eigenvalue weighted by atomic mass is 16.2. The molecule has 4 heteroatoms. The molecule has 1 heterocycles. The van der Waals surface area contributed by atoms with Crippen LogP contribution in [0, 0.1) is 0 Å². The minimum absolute atomic E-state index is 0.0129. The van der Waals surface area contributed by atoms with Crippen molar-refractivity contribution in [3.8, 4) is 0 Å². The van der Waals surface area contributed by atoms with Crippen molar-refractivity contribution in [2.45, 2.75) is 51.1 Å². The van der Waals surface area contributed by atoms with Crippen molar-refractivity contribution in [3.05, 3.63) is 12.2 Å². The summed E-state index contributed by atoms with van der Waals surface area (Å²) in [6.07, 6.45) is 4.52. The molecule has 0 bridgehead atoms. The van der Waals surface area contributed by atoms with Crippen LogP contribution in [0.4, 0.5) is 0 Å². The second kappa shape index (κ2) is 5.00. The van der Waals surface area contributed by atoms with Gasteiger partial charge in [-0.05, 0) is 19.8 Å². The largest absolute Gasteiger partial charge is 0.302 e. The minimum Gasteiger partial charge on any atom is -0.302 e. The van der Waals surface area contributed by atoms with Crippen LogP contribution in [0.5, 0.6) is 0 Å². The Kier molecular flexibility index (Phi) is 3.62. The van der Waals surface area contributed by atoms with Crippen molar-refractivity contribution in [1.82, 2.24) is 10.2 Å². The average molecular weight is 236 g/mol. The second-order valence-electron chi connectivity index (χ2n) is 5.13. The van der Waals surface area contributed by atoms with Crippen molar-refractivity contribution in [3.63, 3.8) is 0 Å². The Morgan fingerprint density at radius 3 is 2.65 bits per heavy atom. The van der Waals surface area contributed by atoms with E-state index in [-0.39, 0.29) is 23.9 Å². The first-order valence-corrected chi connectivity index (χ1v) is 6.33. The molecule has 0 aromatic heterocycles. The molecule has 1 aliphatic heterocycles. The van der Waals surface area contributed by atoms with Gasteiger partial charge in [-0.2, -0.15) is 0 Å². The molecule has 1 saturated carbocycles. The van der Waals surface area contributed by atoms with E-state index in [2.05, 4.69) is 11.9 Å². The third-order valence-corrected chi connectivity index (χ3v) is 3.52. The quantitative estimate of drug-likeness (QED) is 0.590. The van der Waals surface area contributed by atoms with E-state index in [0.717, 1.165) is 31.3 Å². The second-order valence-corrected chi connectivity index (χ2v) is 5.13. The highest BCUT2D eigenvalue weighted by Gasteiger charge is 2.42. The van der Waals surface area contributed by atoms with E-state index in [1.807, 2.05) is 6.92 Å². The Hall–Kier alpha value is -1.16. The molecule has 4 nitrogen and oxygen atoms in total. The van der Waals surface area contributed by atoms with Crippen molar-refractivity contribution in [1.29, 1.82) is 0 Å². The Labute approximate surface area is 102 Å². The zero-order valence-electron chi connectivity index (χ0n) is 10.4. The van der Waals surface area contributed by atoms with Gasteiger partial charge in [-0.1, -0.05) is 25.0 Å². The lowest BCUT2D eigenvalue weighted by Gasteiger charge is -2.22. The molecule has 2 rings (SSSR count). The van der Waals surface area contributed by atoms with Gasteiger partial charge < -0.3 is 5.32 Å². The zero-order valence-corrected chi connectivity index (χ0v) is 10.4. The summed E-state index contributed by atoms with van der Waals surface area (Å²) in [4.78, 5) is 25.5. The maximum absolute atomic E-state index is 12.1. The first-order chi connectivity index (χ1) is 8.09. The number of hydrogen-bond acceptors (Lipinski definition) is 3. The molecule has 1 N–H and O–H groups in total. The summed E-state index contributed by atoms with van der Waals surface area (Å²) in [7, 11) is 0. The lowest BCUT2D eigenvalue weighted by Crippen LogP contribution is -2.43. The fraction of sp³-hybridized carbons (Fsp3) is 0.692. The van der Waals surface area contributed by atoms with Gasteiger partial charge in [-0.15, -0.1) is 0 Å². The summed E-state index contributed by atoms with van der Waals surface area (Å²) >= 11 is 0. The van der Waals surface area contributed by atoms with Crippen LogP contribution in [0.15, 0.2) is 12.2 Å². The number of imide groups is 1. The van der Waals surface area contributed by atoms with E-state index >= 15 is 0 Å². The summed E-state index contributed by atoms with van der Waals surface area (Å²) in [5.41, 5.74) is 0.976. The predicted molar refractivity (Wildman–Crippen MR) is 65.3 cm³/mol. The van der Waals surface area contributed by atoms with Gasteiger partial charge >= 0.3 is 0 Å². The fourth-order valence-electron chi connectivity index (χ4n) is 2.65. The van der Waals surface area contributed by atoms with Gasteiger partial charge in [0.2, 0.25) is 11.8 Å². The molecule has 2 aliphatic rings. The number of likely N-dealkylation sites (tertiary alicyclic amines) is 1. The smallest absolute Gasteiger partial charge is 0.247 e. The van der Waals surface area contributed by atoms with E-state index in [4.69, 9.17) is 0 Å². The molecule has 0 spiro atoms. The lowest BCUT2D eigenvalue weighted by molar-refractivity contribution is -0.141. The lowest BCUT2D eigenvalue weighted by atomic mass is 10.2. The van der Waals surface area contributed by atoms with Crippen LogP contribution in [0.1, 0.15) is 39.0 Å². The highest BCUT2D eigenvalue weighted by molar-refractivity contribution is 6.05. The monoisotopic (exact) mass is 236 g/mol. The molecule has 2 amide bonds. The maximum Gasteiger partial charge on any atom is 0.247 e. The summed E-state index contributed by atoms with van der Waals surface area (Å²) in [5.74, 6) is -0.0516. The zero-order chi connectivity index (χ0) is 12.4. The van der Waals surface area contributed by atoms with E-state index in [0.29, 0.717) is 13.0 Å². The molecule has 1 atom stereocenters. The van der Waals surface area contributed by atoms with Gasteiger partial charge in [-0.3, -0.25) is 14.5 Å². The average Bonchev–Trinajstić information content (AvgIpc) is 2.84. The molecule has 1 saturated heterocycles. The van der Waals surface area contributed by atoms with Crippen LogP contribution in [-0.4, -0.2) is 35.3 Å². The van der Waals surface area contributed by atoms with E-state index in [9.17, 15) is 9.59 Å². The van der Waals surface area contributed by atoms with Crippen molar-refractivity contribution >= 4 is 11.8 Å². The molecule has 0 aromatic rings. The SMILES string of the molecule is C=C(C)CNC1CC(=O)N(C2CCCC2)C1=O. The normalized spacial score (nSPS) is 25.9. The Balaban J connectivity index is 1.98. The molecule has 2 fully saturated rings. The van der Waals surface area contributed by atoms with E-state index < -0.39 is 0 Å². The molecule has 94 valence electrons. The summed E-state index contributed by atoms with van der Waals surface area (Å²) in [5, 5.41) is 3.10. The first kappa shape index (κ1) is 12.3. The molecule has 0 radical (unpaired) electrons. The van der Waals surface area contributed by atoms with Crippen LogP contribution in [-0.2, 0) is 9.59 Å². The van der Waals surface area contributed by atoms with Crippen molar-refractivity contribution in [2.75, 3.05) is 6.54 Å². The van der Waals surface area contributed by atoms with Crippen molar-refractivity contribution < 1.29 is 9.59 Å². The van der Waals surface area contributed by atoms with Crippen LogP contribution < -0.4 is 5.32 Å². The summed E-state index contributed by atoms with van der Waals surface area (Å²) in [6.45, 7) is 6.29. The van der Waals surface area contributed by atoms with Gasteiger partial charge in [0.05, 0.1) is 12.5 Å². The number of hydrogen-bond donors (Lipinski definition) is 1. The standard InChI is InChI=1S/C13H20N2O2/c1-9(2)8-14-11-7-12(16)15(13(11)17)10-5-3-4-6-10/h10-11,14H,1,3-8H2,2H3. The minimum atomic E-state index is -0.334. The van der Waals surface area contributed by atoms with E-state index in [1.54, 1.807) is 0 Å². The molecular weight excluding hydrogens is 216 g/mol. The number of rotatable bonds is 4. The molecule has 1 aliphatic carbocycles. The molecule has 1 unspecified atom stereocenters. The van der Waals surface area contributed by atoms with Gasteiger partial charge in [0.25, 0.3) is 0 Å². The molecule has 0 aromatic carbocycles. The van der Waals surface area contributed by atoms with Crippen LogP contribution in [0.3, 0.4) is 0 Å². The van der Waals surface area contributed by atoms with E-state index in [1.165, 1.54) is 4.90 Å². The summed E-state index contributed by atoms with van der Waals surface area (Å²) < 4.78 is 0. The number of carbonyl (C=O) groups excluding carboxylic acids is 2. The van der Waals surface area contributed by atoms with Gasteiger partial charge in [0.15, 0.2) is 0 Å². The number of carbonyl (C=O) groups is 2. The third-order valence-electron chi connectivity index (χ3n) is 3.52. The van der Waals surface area contributed by atoms with Gasteiger partial charge in [0.1, 0.15) is 0 Å². The Morgan fingerprint density at radius 1 is 1.41 bits per heavy atom. The number of amides is 2.